The zero-order valence-corrected chi connectivity index (χ0v) is 11.7. The van der Waals surface area contributed by atoms with Crippen molar-refractivity contribution in [2.75, 3.05) is 11.0 Å². The Morgan fingerprint density at radius 1 is 1.37 bits per heavy atom. The van der Waals surface area contributed by atoms with Crippen molar-refractivity contribution in [1.29, 1.82) is 0 Å². The number of sulfonamides is 1. The first-order chi connectivity index (χ1) is 9.01. The molecule has 2 aromatic heterocycles. The Labute approximate surface area is 114 Å². The van der Waals surface area contributed by atoms with Crippen LogP contribution >= 0.6 is 11.3 Å². The van der Waals surface area contributed by atoms with Gasteiger partial charge in [-0.2, -0.15) is 0 Å². The van der Waals surface area contributed by atoms with Gasteiger partial charge in [-0.15, -0.1) is 11.3 Å². The molecule has 0 saturated heterocycles. The number of nitrogens with zero attached hydrogens (tertiary/aromatic N) is 2. The van der Waals surface area contributed by atoms with E-state index in [4.69, 9.17) is 0 Å². The third-order valence-electron chi connectivity index (χ3n) is 2.55. The zero-order valence-electron chi connectivity index (χ0n) is 10.1. The molecule has 0 amide bonds. The number of aromatic nitrogens is 2. The maximum absolute atomic E-state index is 11.2. The van der Waals surface area contributed by atoms with E-state index in [1.807, 2.05) is 28.2 Å². The first-order valence-corrected chi connectivity index (χ1v) is 8.29. The monoisotopic (exact) mass is 293 g/mol. The molecule has 0 saturated carbocycles. The van der Waals surface area contributed by atoms with Crippen LogP contribution in [0.3, 0.4) is 0 Å². The van der Waals surface area contributed by atoms with E-state index >= 15 is 0 Å². The number of imidazole rings is 1. The standard InChI is InChI=1S/C12H11N3O2S2/c1-19(16,17)14-10-4-2-3-9(7-10)11-8-15-5-6-18-12(15)13-11/h2-8,14H,1H3. The van der Waals surface area contributed by atoms with Crippen molar-refractivity contribution >= 4 is 32.0 Å². The van der Waals surface area contributed by atoms with Gasteiger partial charge in [0.2, 0.25) is 10.0 Å². The number of hydrogen-bond donors (Lipinski definition) is 1. The van der Waals surface area contributed by atoms with Crippen molar-refractivity contribution in [1.82, 2.24) is 9.38 Å². The van der Waals surface area contributed by atoms with Crippen LogP contribution < -0.4 is 4.72 Å². The lowest BCUT2D eigenvalue weighted by Crippen LogP contribution is -2.09. The number of benzene rings is 1. The summed E-state index contributed by atoms with van der Waals surface area (Å²) in [4.78, 5) is 5.40. The van der Waals surface area contributed by atoms with Gasteiger partial charge in [-0.05, 0) is 12.1 Å². The van der Waals surface area contributed by atoms with Gasteiger partial charge in [0, 0.05) is 29.0 Å². The molecular weight excluding hydrogens is 282 g/mol. The van der Waals surface area contributed by atoms with Gasteiger partial charge in [0.05, 0.1) is 11.9 Å². The number of rotatable bonds is 3. The van der Waals surface area contributed by atoms with Crippen molar-refractivity contribution in [3.63, 3.8) is 0 Å². The van der Waals surface area contributed by atoms with Crippen LogP contribution in [-0.2, 0) is 10.0 Å². The van der Waals surface area contributed by atoms with E-state index in [0.717, 1.165) is 22.5 Å². The fraction of sp³-hybridized carbons (Fsp3) is 0.0833. The summed E-state index contributed by atoms with van der Waals surface area (Å²) < 4.78 is 26.8. The molecule has 2 heterocycles. The van der Waals surface area contributed by atoms with E-state index in [2.05, 4.69) is 9.71 Å². The van der Waals surface area contributed by atoms with E-state index in [-0.39, 0.29) is 0 Å². The molecular formula is C12H11N3O2S2. The third kappa shape index (κ3) is 2.61. The highest BCUT2D eigenvalue weighted by Crippen LogP contribution is 2.24. The Hall–Kier alpha value is -1.86. The minimum atomic E-state index is -3.26. The highest BCUT2D eigenvalue weighted by molar-refractivity contribution is 7.92. The van der Waals surface area contributed by atoms with Crippen LogP contribution in [-0.4, -0.2) is 24.1 Å². The third-order valence-corrected chi connectivity index (χ3v) is 3.93. The molecule has 0 aliphatic carbocycles. The highest BCUT2D eigenvalue weighted by atomic mass is 32.2. The van der Waals surface area contributed by atoms with E-state index < -0.39 is 10.0 Å². The molecule has 0 aliphatic heterocycles. The van der Waals surface area contributed by atoms with Crippen LogP contribution in [0.1, 0.15) is 0 Å². The molecule has 0 fully saturated rings. The second kappa shape index (κ2) is 4.36. The van der Waals surface area contributed by atoms with Crippen LogP contribution in [0.15, 0.2) is 42.0 Å². The zero-order chi connectivity index (χ0) is 13.5. The van der Waals surface area contributed by atoms with Gasteiger partial charge in [-0.3, -0.25) is 9.12 Å². The second-order valence-electron chi connectivity index (χ2n) is 4.17. The van der Waals surface area contributed by atoms with Gasteiger partial charge in [0.15, 0.2) is 4.96 Å². The lowest BCUT2D eigenvalue weighted by Gasteiger charge is -2.04. The molecule has 0 spiro atoms. The van der Waals surface area contributed by atoms with Crippen molar-refractivity contribution in [3.8, 4) is 11.3 Å². The van der Waals surface area contributed by atoms with Crippen LogP contribution in [0.5, 0.6) is 0 Å². The molecule has 1 N–H and O–H groups in total. The molecule has 5 nitrogen and oxygen atoms in total. The topological polar surface area (TPSA) is 63.5 Å². The Kier molecular flexibility index (Phi) is 2.79. The van der Waals surface area contributed by atoms with Crippen LogP contribution in [0.4, 0.5) is 5.69 Å². The van der Waals surface area contributed by atoms with E-state index in [9.17, 15) is 8.42 Å². The number of thiazole rings is 1. The van der Waals surface area contributed by atoms with Crippen molar-refractivity contribution in [3.05, 3.63) is 42.0 Å². The molecule has 0 bridgehead atoms. The van der Waals surface area contributed by atoms with Gasteiger partial charge in [-0.25, -0.2) is 13.4 Å². The molecule has 0 radical (unpaired) electrons. The molecule has 0 aliphatic rings. The maximum atomic E-state index is 11.2. The Morgan fingerprint density at radius 2 is 2.21 bits per heavy atom. The summed E-state index contributed by atoms with van der Waals surface area (Å²) in [6.45, 7) is 0. The molecule has 0 unspecified atom stereocenters. The summed E-state index contributed by atoms with van der Waals surface area (Å²) in [5, 5.41) is 1.97. The first-order valence-electron chi connectivity index (χ1n) is 5.52. The Balaban J connectivity index is 2.01. The number of anilines is 1. The molecule has 7 heteroatoms. The summed E-state index contributed by atoms with van der Waals surface area (Å²) in [5.74, 6) is 0. The Morgan fingerprint density at radius 3 is 2.95 bits per heavy atom. The molecule has 1 aromatic carbocycles. The predicted octanol–water partition coefficient (Wildman–Crippen LogP) is 2.43. The lowest BCUT2D eigenvalue weighted by atomic mass is 10.1. The molecule has 19 heavy (non-hydrogen) atoms. The SMILES string of the molecule is CS(=O)(=O)Nc1cccc(-c2cn3ccsc3n2)c1. The summed E-state index contributed by atoms with van der Waals surface area (Å²) in [7, 11) is -3.26. The second-order valence-corrected chi connectivity index (χ2v) is 6.80. The van der Waals surface area contributed by atoms with Gasteiger partial charge in [0.1, 0.15) is 0 Å². The van der Waals surface area contributed by atoms with E-state index in [1.165, 1.54) is 0 Å². The summed E-state index contributed by atoms with van der Waals surface area (Å²) in [6.07, 6.45) is 4.99. The Bertz CT molecular complexity index is 805. The van der Waals surface area contributed by atoms with Crippen LogP contribution in [0.25, 0.3) is 16.2 Å². The number of fused-ring (bicyclic) bond motifs is 1. The van der Waals surface area contributed by atoms with Gasteiger partial charge in [0.25, 0.3) is 0 Å². The van der Waals surface area contributed by atoms with Crippen LogP contribution in [0.2, 0.25) is 0 Å². The smallest absolute Gasteiger partial charge is 0.229 e. The molecule has 3 rings (SSSR count). The molecule has 98 valence electrons. The highest BCUT2D eigenvalue weighted by Gasteiger charge is 2.07. The van der Waals surface area contributed by atoms with E-state index in [0.29, 0.717) is 5.69 Å². The first kappa shape index (κ1) is 12.2. The van der Waals surface area contributed by atoms with Crippen molar-refractivity contribution < 1.29 is 8.42 Å². The van der Waals surface area contributed by atoms with Gasteiger partial charge in [-0.1, -0.05) is 12.1 Å². The summed E-state index contributed by atoms with van der Waals surface area (Å²) >= 11 is 1.56. The predicted molar refractivity (Wildman–Crippen MR) is 77.0 cm³/mol. The van der Waals surface area contributed by atoms with Crippen molar-refractivity contribution in [2.45, 2.75) is 0 Å². The minimum absolute atomic E-state index is 0.538. The van der Waals surface area contributed by atoms with E-state index in [1.54, 1.807) is 29.5 Å². The number of hydrogen-bond acceptors (Lipinski definition) is 4. The fourth-order valence-electron chi connectivity index (χ4n) is 1.82. The van der Waals surface area contributed by atoms with Crippen LogP contribution in [0, 0.1) is 0 Å². The average Bonchev–Trinajstić information content (AvgIpc) is 2.86. The lowest BCUT2D eigenvalue weighted by molar-refractivity contribution is 0.607. The largest absolute Gasteiger partial charge is 0.297 e. The average molecular weight is 293 g/mol. The fourth-order valence-corrected chi connectivity index (χ4v) is 3.08. The quantitative estimate of drug-likeness (QED) is 0.806. The van der Waals surface area contributed by atoms with Gasteiger partial charge >= 0.3 is 0 Å². The van der Waals surface area contributed by atoms with Gasteiger partial charge < -0.3 is 0 Å². The maximum Gasteiger partial charge on any atom is 0.229 e. The number of nitrogens with one attached hydrogen (secondary N) is 1. The summed E-state index contributed by atoms with van der Waals surface area (Å²) in [5.41, 5.74) is 2.24. The minimum Gasteiger partial charge on any atom is -0.297 e. The van der Waals surface area contributed by atoms with Crippen molar-refractivity contribution in [2.24, 2.45) is 0 Å². The molecule has 3 aromatic rings. The summed E-state index contributed by atoms with van der Waals surface area (Å²) in [6, 6.07) is 7.19. The molecule has 0 atom stereocenters. The normalized spacial score (nSPS) is 11.8.